The van der Waals surface area contributed by atoms with Gasteiger partial charge in [0.25, 0.3) is 0 Å². The van der Waals surface area contributed by atoms with Gasteiger partial charge < -0.3 is 4.74 Å². The monoisotopic (exact) mass is 140 g/mol. The molecular weight excluding hydrogens is 124 g/mol. The SMILES string of the molecule is CC1([C@@H]2CO2)CCCCC1. The Bertz CT molecular complexity index is 121. The third-order valence-corrected chi connectivity index (χ3v) is 3.11. The van der Waals surface area contributed by atoms with Crippen molar-refractivity contribution >= 4 is 0 Å². The van der Waals surface area contributed by atoms with Crippen LogP contribution in [0.3, 0.4) is 0 Å². The summed E-state index contributed by atoms with van der Waals surface area (Å²) in [5.41, 5.74) is 0.568. The van der Waals surface area contributed by atoms with Gasteiger partial charge in [0.1, 0.15) is 0 Å². The highest BCUT2D eigenvalue weighted by Gasteiger charge is 2.43. The molecule has 1 heterocycles. The summed E-state index contributed by atoms with van der Waals surface area (Å²) >= 11 is 0. The van der Waals surface area contributed by atoms with Crippen molar-refractivity contribution in [3.63, 3.8) is 0 Å². The molecule has 0 amide bonds. The number of hydrogen-bond acceptors (Lipinski definition) is 1. The van der Waals surface area contributed by atoms with Crippen LogP contribution in [0.15, 0.2) is 0 Å². The first-order valence-electron chi connectivity index (χ1n) is 4.43. The van der Waals surface area contributed by atoms with E-state index >= 15 is 0 Å². The van der Waals surface area contributed by atoms with Crippen molar-refractivity contribution in [2.24, 2.45) is 5.41 Å². The molecule has 1 nitrogen and oxygen atoms in total. The van der Waals surface area contributed by atoms with Gasteiger partial charge in [0.05, 0.1) is 12.7 Å². The van der Waals surface area contributed by atoms with E-state index in [1.165, 1.54) is 32.1 Å². The first-order valence-corrected chi connectivity index (χ1v) is 4.43. The summed E-state index contributed by atoms with van der Waals surface area (Å²) in [6.45, 7) is 3.43. The van der Waals surface area contributed by atoms with Crippen LogP contribution in [0.1, 0.15) is 39.0 Å². The van der Waals surface area contributed by atoms with Crippen molar-refractivity contribution in [1.29, 1.82) is 0 Å². The molecule has 0 aromatic heterocycles. The topological polar surface area (TPSA) is 12.5 Å². The molecule has 10 heavy (non-hydrogen) atoms. The zero-order chi connectivity index (χ0) is 7.03. The van der Waals surface area contributed by atoms with Gasteiger partial charge >= 0.3 is 0 Å². The Morgan fingerprint density at radius 2 is 1.80 bits per heavy atom. The molecule has 0 bridgehead atoms. The summed E-state index contributed by atoms with van der Waals surface area (Å²) in [5, 5.41) is 0. The Kier molecular flexibility index (Phi) is 1.48. The van der Waals surface area contributed by atoms with Gasteiger partial charge in [0, 0.05) is 0 Å². The van der Waals surface area contributed by atoms with Crippen LogP contribution in [0, 0.1) is 5.41 Å². The van der Waals surface area contributed by atoms with Crippen molar-refractivity contribution in [3.8, 4) is 0 Å². The maximum absolute atomic E-state index is 5.35. The highest BCUT2D eigenvalue weighted by Crippen LogP contribution is 2.44. The lowest BCUT2D eigenvalue weighted by Gasteiger charge is -2.31. The van der Waals surface area contributed by atoms with E-state index in [-0.39, 0.29) is 0 Å². The average Bonchev–Trinajstić information content (AvgIpc) is 2.69. The number of hydrogen-bond donors (Lipinski definition) is 0. The van der Waals surface area contributed by atoms with Crippen molar-refractivity contribution in [2.45, 2.75) is 45.1 Å². The quantitative estimate of drug-likeness (QED) is 0.509. The van der Waals surface area contributed by atoms with E-state index in [4.69, 9.17) is 4.74 Å². The molecule has 1 saturated carbocycles. The van der Waals surface area contributed by atoms with Gasteiger partial charge in [-0.25, -0.2) is 0 Å². The van der Waals surface area contributed by atoms with Crippen molar-refractivity contribution in [1.82, 2.24) is 0 Å². The average molecular weight is 140 g/mol. The fourth-order valence-corrected chi connectivity index (χ4v) is 2.13. The van der Waals surface area contributed by atoms with Crippen LogP contribution >= 0.6 is 0 Å². The maximum Gasteiger partial charge on any atom is 0.0863 e. The molecule has 1 aliphatic heterocycles. The Morgan fingerprint density at radius 3 is 2.30 bits per heavy atom. The minimum atomic E-state index is 0.568. The van der Waals surface area contributed by atoms with Crippen LogP contribution in [-0.2, 0) is 4.74 Å². The Labute approximate surface area is 62.8 Å². The smallest absolute Gasteiger partial charge is 0.0863 e. The molecule has 2 rings (SSSR count). The van der Waals surface area contributed by atoms with E-state index in [1.54, 1.807) is 0 Å². The van der Waals surface area contributed by atoms with Crippen LogP contribution in [-0.4, -0.2) is 12.7 Å². The molecular formula is C9H16O. The minimum absolute atomic E-state index is 0.568. The highest BCUT2D eigenvalue weighted by molar-refractivity contribution is 4.91. The largest absolute Gasteiger partial charge is 0.373 e. The summed E-state index contributed by atoms with van der Waals surface area (Å²) in [6, 6.07) is 0. The third kappa shape index (κ3) is 1.07. The molecule has 0 aromatic carbocycles. The van der Waals surface area contributed by atoms with Gasteiger partial charge in [-0.3, -0.25) is 0 Å². The van der Waals surface area contributed by atoms with Gasteiger partial charge in [0.15, 0.2) is 0 Å². The standard InChI is InChI=1S/C9H16O/c1-9(8-7-10-8)5-3-2-4-6-9/h8H,2-7H2,1H3/t8-/m0/s1. The molecule has 1 heteroatoms. The van der Waals surface area contributed by atoms with Crippen molar-refractivity contribution < 1.29 is 4.74 Å². The summed E-state index contributed by atoms with van der Waals surface area (Å²) < 4.78 is 5.35. The predicted molar refractivity (Wildman–Crippen MR) is 40.9 cm³/mol. The first kappa shape index (κ1) is 6.66. The van der Waals surface area contributed by atoms with Gasteiger partial charge in [-0.1, -0.05) is 26.2 Å². The van der Waals surface area contributed by atoms with E-state index in [1.807, 2.05) is 0 Å². The maximum atomic E-state index is 5.35. The summed E-state index contributed by atoms with van der Waals surface area (Å²) in [7, 11) is 0. The normalized spacial score (nSPS) is 37.5. The molecule has 0 N–H and O–H groups in total. The number of epoxide rings is 1. The third-order valence-electron chi connectivity index (χ3n) is 3.11. The molecule has 1 aliphatic carbocycles. The van der Waals surface area contributed by atoms with E-state index < -0.39 is 0 Å². The fraction of sp³-hybridized carbons (Fsp3) is 1.00. The molecule has 0 unspecified atom stereocenters. The van der Waals surface area contributed by atoms with Crippen LogP contribution in [0.2, 0.25) is 0 Å². The highest BCUT2D eigenvalue weighted by atomic mass is 16.6. The zero-order valence-electron chi connectivity index (χ0n) is 6.73. The van der Waals surface area contributed by atoms with Crippen molar-refractivity contribution in [2.75, 3.05) is 6.61 Å². The molecule has 0 aromatic rings. The molecule has 0 radical (unpaired) electrons. The van der Waals surface area contributed by atoms with Crippen LogP contribution in [0.25, 0.3) is 0 Å². The number of ether oxygens (including phenoxy) is 1. The Hall–Kier alpha value is -0.0400. The lowest BCUT2D eigenvalue weighted by Crippen LogP contribution is -2.26. The molecule has 2 aliphatic rings. The van der Waals surface area contributed by atoms with Crippen LogP contribution in [0.4, 0.5) is 0 Å². The van der Waals surface area contributed by atoms with E-state index in [2.05, 4.69) is 6.92 Å². The Balaban J connectivity index is 1.97. The van der Waals surface area contributed by atoms with Crippen molar-refractivity contribution in [3.05, 3.63) is 0 Å². The predicted octanol–water partition coefficient (Wildman–Crippen LogP) is 2.36. The molecule has 0 spiro atoms. The second kappa shape index (κ2) is 2.23. The second-order valence-electron chi connectivity index (χ2n) is 4.04. The van der Waals surface area contributed by atoms with Gasteiger partial charge in [-0.15, -0.1) is 0 Å². The van der Waals surface area contributed by atoms with Crippen LogP contribution in [0.5, 0.6) is 0 Å². The lowest BCUT2D eigenvalue weighted by molar-refractivity contribution is 0.154. The summed E-state index contributed by atoms with van der Waals surface area (Å²) in [5.74, 6) is 0. The fourth-order valence-electron chi connectivity index (χ4n) is 2.13. The van der Waals surface area contributed by atoms with Crippen LogP contribution < -0.4 is 0 Å². The zero-order valence-corrected chi connectivity index (χ0v) is 6.73. The minimum Gasteiger partial charge on any atom is -0.373 e. The summed E-state index contributed by atoms with van der Waals surface area (Å²) in [4.78, 5) is 0. The lowest BCUT2D eigenvalue weighted by atomic mass is 9.73. The second-order valence-corrected chi connectivity index (χ2v) is 4.04. The van der Waals surface area contributed by atoms with Gasteiger partial charge in [-0.2, -0.15) is 0 Å². The van der Waals surface area contributed by atoms with Gasteiger partial charge in [0.2, 0.25) is 0 Å². The number of rotatable bonds is 1. The Morgan fingerprint density at radius 1 is 1.20 bits per heavy atom. The molecule has 1 atom stereocenters. The molecule has 2 fully saturated rings. The summed E-state index contributed by atoms with van der Waals surface area (Å²) in [6.07, 6.45) is 7.73. The van der Waals surface area contributed by atoms with Gasteiger partial charge in [-0.05, 0) is 18.3 Å². The van der Waals surface area contributed by atoms with E-state index in [0.29, 0.717) is 11.5 Å². The van der Waals surface area contributed by atoms with E-state index in [0.717, 1.165) is 6.61 Å². The first-order chi connectivity index (χ1) is 4.81. The molecule has 1 saturated heterocycles. The van der Waals surface area contributed by atoms with E-state index in [9.17, 15) is 0 Å². The molecule has 58 valence electrons.